The molecule has 3 saturated heterocycles. The van der Waals surface area contributed by atoms with Crippen LogP contribution in [0.4, 0.5) is 9.59 Å². The maximum Gasteiger partial charge on any atom is 0.410 e. The van der Waals surface area contributed by atoms with Crippen molar-refractivity contribution in [3.63, 3.8) is 0 Å². The summed E-state index contributed by atoms with van der Waals surface area (Å²) in [7, 11) is 0. The molecule has 0 radical (unpaired) electrons. The van der Waals surface area contributed by atoms with E-state index in [2.05, 4.69) is 53.8 Å². The van der Waals surface area contributed by atoms with Gasteiger partial charge in [0.2, 0.25) is 5.91 Å². The Morgan fingerprint density at radius 1 is 0.959 bits per heavy atom. The van der Waals surface area contributed by atoms with Gasteiger partial charge in [-0.25, -0.2) is 9.59 Å². The Balaban J connectivity index is 1.02. The molecule has 0 bridgehead atoms. The molecule has 5 aliphatic carbocycles. The molecule has 8 rings (SSSR count). The first-order chi connectivity index (χ1) is 23.1. The molecule has 2 N–H and O–H groups in total. The number of carbonyl (C=O) groups is 3. The molecule has 3 amide bonds. The smallest absolute Gasteiger partial charge is 0.410 e. The van der Waals surface area contributed by atoms with Gasteiger partial charge in [0.15, 0.2) is 0 Å². The molecule has 3 aliphatic heterocycles. The fourth-order valence-corrected chi connectivity index (χ4v) is 14.1. The maximum atomic E-state index is 13.2. The van der Waals surface area contributed by atoms with Crippen molar-refractivity contribution in [2.75, 3.05) is 32.7 Å². The van der Waals surface area contributed by atoms with Gasteiger partial charge in [0.25, 0.3) is 0 Å². The molecular weight excluding hydrogens is 622 g/mol. The molecule has 4 unspecified atom stereocenters. The van der Waals surface area contributed by atoms with E-state index < -0.39 is 6.10 Å². The Kier molecular flexibility index (Phi) is 7.79. The van der Waals surface area contributed by atoms with Crippen LogP contribution in [-0.2, 0) is 19.0 Å². The molecule has 10 nitrogen and oxygen atoms in total. The number of fused-ring (bicyclic) bond motifs is 4. The minimum Gasteiger partial charge on any atom is -0.446 e. The third kappa shape index (κ3) is 4.53. The quantitative estimate of drug-likeness (QED) is 0.396. The summed E-state index contributed by atoms with van der Waals surface area (Å²) >= 11 is 0. The Hall–Kier alpha value is -2.07. The molecule has 3 heterocycles. The van der Waals surface area contributed by atoms with Crippen LogP contribution in [0.1, 0.15) is 106 Å². The van der Waals surface area contributed by atoms with Crippen LogP contribution in [0.15, 0.2) is 0 Å². The van der Waals surface area contributed by atoms with E-state index in [1.165, 1.54) is 12.8 Å². The highest BCUT2D eigenvalue weighted by Crippen LogP contribution is 2.89. The number of aliphatic hydroxyl groups is 1. The van der Waals surface area contributed by atoms with E-state index in [-0.39, 0.29) is 88.0 Å². The van der Waals surface area contributed by atoms with Crippen LogP contribution < -0.4 is 5.32 Å². The third-order valence-electron chi connectivity index (χ3n) is 16.7. The number of rotatable bonds is 4. The lowest BCUT2D eigenvalue weighted by Crippen LogP contribution is -2.60. The van der Waals surface area contributed by atoms with Crippen LogP contribution in [0.3, 0.4) is 0 Å². The second-order valence-corrected chi connectivity index (χ2v) is 19.1. The van der Waals surface area contributed by atoms with Gasteiger partial charge in [0, 0.05) is 37.0 Å². The van der Waals surface area contributed by atoms with Crippen molar-refractivity contribution in [2.45, 2.75) is 137 Å². The Labute approximate surface area is 292 Å². The summed E-state index contributed by atoms with van der Waals surface area (Å²) < 4.78 is 19.4. The van der Waals surface area contributed by atoms with E-state index in [9.17, 15) is 19.5 Å². The van der Waals surface area contributed by atoms with Crippen LogP contribution in [0.2, 0.25) is 0 Å². The lowest BCUT2D eigenvalue weighted by Gasteiger charge is -2.63. The predicted molar refractivity (Wildman–Crippen MR) is 182 cm³/mol. The van der Waals surface area contributed by atoms with Gasteiger partial charge in [-0.15, -0.1) is 0 Å². The largest absolute Gasteiger partial charge is 0.446 e. The summed E-state index contributed by atoms with van der Waals surface area (Å²) in [6.07, 6.45) is 7.27. The molecule has 0 aromatic heterocycles. The van der Waals surface area contributed by atoms with E-state index in [0.717, 1.165) is 58.0 Å². The first-order valence-corrected chi connectivity index (χ1v) is 19.6. The number of hydrogen-bond acceptors (Lipinski definition) is 7. The number of ether oxygens (including phenoxy) is 3. The number of amides is 3. The third-order valence-corrected chi connectivity index (χ3v) is 16.7. The summed E-state index contributed by atoms with van der Waals surface area (Å²) in [6.45, 7) is 18.6. The highest BCUT2D eigenvalue weighted by molar-refractivity contribution is 5.83. The molecule has 5 saturated carbocycles. The molecule has 0 aromatic carbocycles. The van der Waals surface area contributed by atoms with E-state index in [1.807, 2.05) is 0 Å². The average molecular weight is 684 g/mol. The molecule has 10 heteroatoms. The number of nitrogens with one attached hydrogen (secondary N) is 1. The van der Waals surface area contributed by atoms with Crippen LogP contribution in [0.5, 0.6) is 0 Å². The molecule has 0 aromatic rings. The van der Waals surface area contributed by atoms with Gasteiger partial charge in [-0.05, 0) is 104 Å². The summed E-state index contributed by atoms with van der Waals surface area (Å²) in [6, 6.07) is 0. The van der Waals surface area contributed by atoms with Gasteiger partial charge in [-0.2, -0.15) is 0 Å². The lowest BCUT2D eigenvalue weighted by atomic mass is 9.41. The minimum atomic E-state index is -0.574. The lowest BCUT2D eigenvalue weighted by molar-refractivity contribution is -0.185. The highest BCUT2D eigenvalue weighted by atomic mass is 16.6. The fraction of sp³-hybridized carbons (Fsp3) is 0.923. The van der Waals surface area contributed by atoms with Gasteiger partial charge in [0.05, 0.1) is 18.3 Å². The van der Waals surface area contributed by atoms with Crippen molar-refractivity contribution in [1.82, 2.24) is 15.1 Å². The van der Waals surface area contributed by atoms with Crippen LogP contribution in [0, 0.1) is 56.7 Å². The highest BCUT2D eigenvalue weighted by Gasteiger charge is 2.84. The number of hydrogen-bond donors (Lipinski definition) is 2. The molecule has 2 spiro atoms. The molecule has 49 heavy (non-hydrogen) atoms. The van der Waals surface area contributed by atoms with E-state index in [4.69, 9.17) is 14.2 Å². The standard InChI is InChI=1S/C39H61N3O7/c1-22(2)30(49-33(45)41-16-8-17-41)24-19-23(3)29-31(47-24)32(44)37(7)26-10-9-25-35(4,5)27(48-34(46)42-18-15-40-28(43)20-42)11-12-38(25)21-39(26,38)14-13-36(29,37)6/h22-27,29-32,44H,8-21H2,1-7H3,(H,40,43)/t23-,24?,25+,26?,27+,29+,30-,31?,32+,36-,37-,38-,39?/m1/s1. The van der Waals surface area contributed by atoms with Gasteiger partial charge in [0.1, 0.15) is 18.8 Å². The fourth-order valence-electron chi connectivity index (χ4n) is 14.1. The van der Waals surface area contributed by atoms with Crippen molar-refractivity contribution in [2.24, 2.45) is 56.7 Å². The zero-order valence-corrected chi connectivity index (χ0v) is 31.0. The number of carbonyl (C=O) groups excluding carboxylic acids is 3. The summed E-state index contributed by atoms with van der Waals surface area (Å²) in [5, 5.41) is 15.4. The predicted octanol–water partition coefficient (Wildman–Crippen LogP) is 5.60. The Bertz CT molecular complexity index is 1380. The first kappa shape index (κ1) is 34.0. The van der Waals surface area contributed by atoms with Crippen molar-refractivity contribution < 1.29 is 33.7 Å². The molecule has 13 atom stereocenters. The number of likely N-dealkylation sites (tertiary alicyclic amines) is 1. The van der Waals surface area contributed by atoms with Gasteiger partial charge in [-0.1, -0.05) is 48.5 Å². The van der Waals surface area contributed by atoms with Gasteiger partial charge < -0.3 is 29.5 Å². The SMILES string of the molecule is CC(C)[C@@H](OC(=O)N1CCC1)C1C[C@@H](C)[C@H]2C(O1)[C@H](O)[C@@]1(C)C3CC[C@H]4C(C)(C)[C@@H](OC(=O)N5CCNC(=O)C5)CC[C@@]45CC35CC[C@]21C. The zero-order chi connectivity index (χ0) is 34.9. The van der Waals surface area contributed by atoms with Gasteiger partial charge in [-0.3, -0.25) is 9.69 Å². The van der Waals surface area contributed by atoms with Crippen molar-refractivity contribution >= 4 is 18.1 Å². The number of aliphatic hydroxyl groups excluding tert-OH is 1. The van der Waals surface area contributed by atoms with Gasteiger partial charge >= 0.3 is 12.2 Å². The maximum absolute atomic E-state index is 13.2. The summed E-state index contributed by atoms with van der Waals surface area (Å²) in [5.74, 6) is 1.47. The number of nitrogens with zero attached hydrogens (tertiary/aromatic N) is 2. The van der Waals surface area contributed by atoms with Crippen LogP contribution >= 0.6 is 0 Å². The molecule has 274 valence electrons. The average Bonchev–Trinajstić information content (AvgIpc) is 3.65. The van der Waals surface area contributed by atoms with Crippen molar-refractivity contribution in [3.8, 4) is 0 Å². The van der Waals surface area contributed by atoms with Crippen molar-refractivity contribution in [3.05, 3.63) is 0 Å². The van der Waals surface area contributed by atoms with Crippen LogP contribution in [0.25, 0.3) is 0 Å². The monoisotopic (exact) mass is 683 g/mol. The normalized spacial score (nSPS) is 48.5. The molecule has 8 fully saturated rings. The second-order valence-electron chi connectivity index (χ2n) is 19.1. The zero-order valence-electron chi connectivity index (χ0n) is 31.0. The Morgan fingerprint density at radius 3 is 2.35 bits per heavy atom. The van der Waals surface area contributed by atoms with E-state index in [0.29, 0.717) is 30.8 Å². The molecular formula is C39H61N3O7. The second kappa shape index (κ2) is 11.2. The Morgan fingerprint density at radius 2 is 1.67 bits per heavy atom. The van der Waals surface area contributed by atoms with E-state index in [1.54, 1.807) is 9.80 Å². The number of piperazine rings is 1. The topological polar surface area (TPSA) is 118 Å². The minimum absolute atomic E-state index is 0.0430. The molecule has 8 aliphatic rings. The van der Waals surface area contributed by atoms with E-state index >= 15 is 0 Å². The van der Waals surface area contributed by atoms with Crippen molar-refractivity contribution in [1.29, 1.82) is 0 Å². The first-order valence-electron chi connectivity index (χ1n) is 19.6. The summed E-state index contributed by atoms with van der Waals surface area (Å²) in [5.41, 5.74) is -0.0744. The van der Waals surface area contributed by atoms with Crippen LogP contribution in [-0.4, -0.2) is 96.2 Å². The summed E-state index contributed by atoms with van der Waals surface area (Å²) in [4.78, 5) is 41.4.